The molecule has 2 aromatic rings. The fourth-order valence-electron chi connectivity index (χ4n) is 3.38. The normalized spacial score (nSPS) is 17.9. The van der Waals surface area contributed by atoms with Crippen LogP contribution in [0.5, 0.6) is 5.75 Å². The predicted octanol–water partition coefficient (Wildman–Crippen LogP) is 2.29. The van der Waals surface area contributed by atoms with Crippen molar-refractivity contribution in [2.24, 2.45) is 0 Å². The lowest BCUT2D eigenvalue weighted by atomic mass is 10.0. The van der Waals surface area contributed by atoms with Gasteiger partial charge in [-0.3, -0.25) is 4.79 Å². The minimum Gasteiger partial charge on any atom is -0.489 e. The fraction of sp³-hybridized carbons (Fsp3) is 0.429. The lowest BCUT2D eigenvalue weighted by molar-refractivity contribution is -0.121. The van der Waals surface area contributed by atoms with Crippen molar-refractivity contribution in [3.63, 3.8) is 0 Å². The molecular weight excluding hydrogens is 394 g/mol. The van der Waals surface area contributed by atoms with E-state index in [-0.39, 0.29) is 29.9 Å². The molecule has 1 unspecified atom stereocenters. The number of sulfone groups is 1. The molecule has 29 heavy (non-hydrogen) atoms. The van der Waals surface area contributed by atoms with Crippen LogP contribution in [-0.2, 0) is 21.1 Å². The number of amides is 1. The first-order chi connectivity index (χ1) is 13.6. The maximum absolute atomic E-state index is 12.3. The third-order valence-electron chi connectivity index (χ3n) is 4.83. The van der Waals surface area contributed by atoms with Crippen LogP contribution in [0.1, 0.15) is 30.9 Å². The largest absolute Gasteiger partial charge is 0.489 e. The molecule has 0 bridgehead atoms. The van der Waals surface area contributed by atoms with Crippen LogP contribution < -0.4 is 15.7 Å². The second-order valence-electron chi connectivity index (χ2n) is 7.62. The molecule has 0 aliphatic carbocycles. The van der Waals surface area contributed by atoms with Gasteiger partial charge >= 0.3 is 5.63 Å². The molecule has 1 aliphatic rings. The number of hydrogen-bond acceptors (Lipinski definition) is 6. The Balaban J connectivity index is 1.78. The van der Waals surface area contributed by atoms with Crippen LogP contribution in [0, 0.1) is 6.92 Å². The molecule has 0 spiro atoms. The lowest BCUT2D eigenvalue weighted by Gasteiger charge is -2.14. The second-order valence-corrected chi connectivity index (χ2v) is 9.85. The maximum atomic E-state index is 12.3. The van der Waals surface area contributed by atoms with Gasteiger partial charge in [-0.15, -0.1) is 0 Å². The van der Waals surface area contributed by atoms with E-state index in [0.717, 1.165) is 22.1 Å². The van der Waals surface area contributed by atoms with Crippen molar-refractivity contribution in [2.75, 3.05) is 18.1 Å². The van der Waals surface area contributed by atoms with Gasteiger partial charge in [-0.05, 0) is 49.5 Å². The summed E-state index contributed by atoms with van der Waals surface area (Å²) in [6.07, 6.45) is 1.06. The van der Waals surface area contributed by atoms with Crippen LogP contribution in [-0.4, -0.2) is 38.5 Å². The second kappa shape index (κ2) is 8.41. The van der Waals surface area contributed by atoms with Gasteiger partial charge in [0.1, 0.15) is 17.9 Å². The first-order valence-corrected chi connectivity index (χ1v) is 11.3. The average Bonchev–Trinajstić information content (AvgIpc) is 2.96. The monoisotopic (exact) mass is 419 g/mol. The number of rotatable bonds is 7. The van der Waals surface area contributed by atoms with Crippen LogP contribution >= 0.6 is 0 Å². The van der Waals surface area contributed by atoms with Crippen LogP contribution in [0.15, 0.2) is 39.6 Å². The number of aryl methyl sites for hydroxylation is 2. The fourth-order valence-corrected chi connectivity index (χ4v) is 5.05. The summed E-state index contributed by atoms with van der Waals surface area (Å²) < 4.78 is 34.2. The topological polar surface area (TPSA) is 103 Å². The minimum absolute atomic E-state index is 0.0000846. The van der Waals surface area contributed by atoms with E-state index in [1.165, 1.54) is 6.07 Å². The van der Waals surface area contributed by atoms with E-state index < -0.39 is 15.5 Å². The molecule has 1 atom stereocenters. The van der Waals surface area contributed by atoms with Crippen molar-refractivity contribution in [1.29, 1.82) is 0 Å². The Kier molecular flexibility index (Phi) is 6.12. The molecule has 7 nitrogen and oxygen atoms in total. The number of ether oxygens (including phenoxy) is 1. The molecule has 0 saturated carbocycles. The Hall–Kier alpha value is -2.61. The molecule has 1 aliphatic heterocycles. The number of carbonyl (C=O) groups is 1. The van der Waals surface area contributed by atoms with Gasteiger partial charge in [0.25, 0.3) is 0 Å². The Bertz CT molecular complexity index is 1120. The molecule has 8 heteroatoms. The molecule has 156 valence electrons. The molecule has 1 saturated heterocycles. The zero-order valence-electron chi connectivity index (χ0n) is 16.6. The molecule has 1 fully saturated rings. The average molecular weight is 419 g/mol. The summed E-state index contributed by atoms with van der Waals surface area (Å²) in [6.45, 7) is 7.79. The molecule has 1 N–H and O–H groups in total. The summed E-state index contributed by atoms with van der Waals surface area (Å²) in [5.41, 5.74) is 2.42. The van der Waals surface area contributed by atoms with Gasteiger partial charge in [-0.2, -0.15) is 0 Å². The summed E-state index contributed by atoms with van der Waals surface area (Å²) in [7, 11) is -3.04. The summed E-state index contributed by atoms with van der Waals surface area (Å²) in [6, 6.07) is 4.64. The number of fused-ring (bicyclic) bond motifs is 1. The Morgan fingerprint density at radius 2 is 2.10 bits per heavy atom. The minimum atomic E-state index is -3.04. The first kappa shape index (κ1) is 21.1. The highest BCUT2D eigenvalue weighted by Gasteiger charge is 2.28. The van der Waals surface area contributed by atoms with Crippen molar-refractivity contribution < 1.29 is 22.4 Å². The molecule has 3 rings (SSSR count). The molecule has 1 amide bonds. The Labute approximate surface area is 169 Å². The molecule has 0 radical (unpaired) electrons. The standard InChI is InChI=1S/C21H25NO6S/c1-13(2)11-27-18-10-19-17(14(3)8-21(24)28-19)9-15(18)4-5-20(23)22-16-6-7-29(25,26)12-16/h8-10,16H,1,4-7,11-12H2,2-3H3,(H,22,23). The first-order valence-electron chi connectivity index (χ1n) is 9.47. The zero-order valence-corrected chi connectivity index (χ0v) is 17.4. The predicted molar refractivity (Wildman–Crippen MR) is 111 cm³/mol. The Morgan fingerprint density at radius 1 is 1.34 bits per heavy atom. The van der Waals surface area contributed by atoms with Crippen LogP contribution in [0.3, 0.4) is 0 Å². The quantitative estimate of drug-likeness (QED) is 0.546. The molecule has 1 aromatic heterocycles. The number of benzene rings is 1. The van der Waals surface area contributed by atoms with Crippen LogP contribution in [0.25, 0.3) is 11.0 Å². The van der Waals surface area contributed by atoms with Gasteiger partial charge < -0.3 is 14.5 Å². The maximum Gasteiger partial charge on any atom is 0.336 e. The van der Waals surface area contributed by atoms with Crippen molar-refractivity contribution in [3.05, 3.63) is 51.9 Å². The third-order valence-corrected chi connectivity index (χ3v) is 6.59. The van der Waals surface area contributed by atoms with Crippen LogP contribution in [0.4, 0.5) is 0 Å². The van der Waals surface area contributed by atoms with Crippen molar-refractivity contribution in [3.8, 4) is 5.75 Å². The Morgan fingerprint density at radius 3 is 2.76 bits per heavy atom. The zero-order chi connectivity index (χ0) is 21.2. The van der Waals surface area contributed by atoms with Gasteiger partial charge in [0.15, 0.2) is 9.84 Å². The highest BCUT2D eigenvalue weighted by molar-refractivity contribution is 7.91. The van der Waals surface area contributed by atoms with E-state index in [0.29, 0.717) is 30.8 Å². The van der Waals surface area contributed by atoms with E-state index in [1.807, 2.05) is 19.9 Å². The van der Waals surface area contributed by atoms with Gasteiger partial charge in [0, 0.05) is 30.0 Å². The number of nitrogens with one attached hydrogen (secondary N) is 1. The number of carbonyl (C=O) groups excluding carboxylic acids is 1. The van der Waals surface area contributed by atoms with Gasteiger partial charge in [0.05, 0.1) is 11.5 Å². The van der Waals surface area contributed by atoms with Gasteiger partial charge in [-0.1, -0.05) is 6.58 Å². The van der Waals surface area contributed by atoms with E-state index in [4.69, 9.17) is 9.15 Å². The van der Waals surface area contributed by atoms with E-state index in [2.05, 4.69) is 11.9 Å². The summed E-state index contributed by atoms with van der Waals surface area (Å²) in [5, 5.41) is 3.58. The highest BCUT2D eigenvalue weighted by Crippen LogP contribution is 2.28. The molecular formula is C21H25NO6S. The molecule has 2 heterocycles. The third kappa shape index (κ3) is 5.47. The van der Waals surface area contributed by atoms with Gasteiger partial charge in [-0.25, -0.2) is 13.2 Å². The smallest absolute Gasteiger partial charge is 0.336 e. The van der Waals surface area contributed by atoms with Crippen molar-refractivity contribution in [1.82, 2.24) is 5.32 Å². The van der Waals surface area contributed by atoms with Crippen LogP contribution in [0.2, 0.25) is 0 Å². The lowest BCUT2D eigenvalue weighted by Crippen LogP contribution is -2.35. The SMILES string of the molecule is C=C(C)COc1cc2oc(=O)cc(C)c2cc1CCC(=O)NC1CCS(=O)(=O)C1. The number of hydrogen-bond donors (Lipinski definition) is 1. The summed E-state index contributed by atoms with van der Waals surface area (Å²) in [4.78, 5) is 24.0. The molecule has 1 aromatic carbocycles. The van der Waals surface area contributed by atoms with Crippen molar-refractivity contribution >= 4 is 26.7 Å². The highest BCUT2D eigenvalue weighted by atomic mass is 32.2. The van der Waals surface area contributed by atoms with E-state index in [9.17, 15) is 18.0 Å². The summed E-state index contributed by atoms with van der Waals surface area (Å²) >= 11 is 0. The van der Waals surface area contributed by atoms with E-state index in [1.54, 1.807) is 6.07 Å². The van der Waals surface area contributed by atoms with Gasteiger partial charge in [0.2, 0.25) is 5.91 Å². The summed E-state index contributed by atoms with van der Waals surface area (Å²) in [5.74, 6) is 0.450. The van der Waals surface area contributed by atoms with E-state index >= 15 is 0 Å². The van der Waals surface area contributed by atoms with Crippen molar-refractivity contribution in [2.45, 2.75) is 39.2 Å².